The van der Waals surface area contributed by atoms with Crippen LogP contribution in [0.5, 0.6) is 5.75 Å². The number of anilines is 2. The van der Waals surface area contributed by atoms with Gasteiger partial charge in [0.05, 0.1) is 32.4 Å². The van der Waals surface area contributed by atoms with Crippen LogP contribution in [0.3, 0.4) is 0 Å². The zero-order valence-corrected chi connectivity index (χ0v) is 28.2. The maximum atomic E-state index is 14.0. The van der Waals surface area contributed by atoms with E-state index in [9.17, 15) is 37.7 Å². The number of carbonyl (C=O) groups is 3. The molecule has 6 unspecified atom stereocenters. The average Bonchev–Trinajstić information content (AvgIpc) is 3.82. The molecule has 2 bridgehead atoms. The van der Waals surface area contributed by atoms with Crippen molar-refractivity contribution in [3.05, 3.63) is 103 Å². The fourth-order valence-electron chi connectivity index (χ4n) is 8.28. The molecular formula is C33H27N5O9S3. The molecule has 50 heavy (non-hydrogen) atoms. The van der Waals surface area contributed by atoms with Crippen LogP contribution in [-0.2, 0) is 24.4 Å². The third kappa shape index (κ3) is 5.23. The number of nitrogens with zero attached hydrogens (tertiary/aromatic N) is 2. The summed E-state index contributed by atoms with van der Waals surface area (Å²) in [5.74, 6) is -2.64. The maximum absolute atomic E-state index is 14.0. The van der Waals surface area contributed by atoms with Crippen molar-refractivity contribution in [2.45, 2.75) is 27.5 Å². The zero-order chi connectivity index (χ0) is 35.1. The van der Waals surface area contributed by atoms with Crippen LogP contribution in [0.2, 0.25) is 0 Å². The second-order valence-electron chi connectivity index (χ2n) is 12.7. The number of nitrogens with one attached hydrogen (secondary N) is 2. The summed E-state index contributed by atoms with van der Waals surface area (Å²) in [5, 5.41) is 19.7. The number of primary sulfonamides is 1. The standard InChI is InChI=1S/C33H27N5O9S3/c34-50(45,46)18-11-5-15(6-12-18)35-23(39)14-47-22-4-2-1-3-19(22)24-25-20-13-21(28(25)48-30-29(24)49-33(42)36-30)27-26(20)31(40)37(32(27)41)16-7-9-17(10-8-16)38(43)44/h1-12,20-21,24-28H,13-14H2,(H,35,39)(H,36,42)(H2,34,45,46)/t20?,21?,24-,25?,26?,27?,28?/m1/s1. The topological polar surface area (TPSA) is 212 Å². The van der Waals surface area contributed by atoms with E-state index in [1.165, 1.54) is 65.2 Å². The van der Waals surface area contributed by atoms with Crippen molar-refractivity contribution in [2.24, 2.45) is 34.7 Å². The van der Waals surface area contributed by atoms with Crippen molar-refractivity contribution < 1.29 is 32.5 Å². The van der Waals surface area contributed by atoms with Gasteiger partial charge in [-0.15, -0.1) is 11.8 Å². The highest BCUT2D eigenvalue weighted by molar-refractivity contribution is 8.00. The van der Waals surface area contributed by atoms with Gasteiger partial charge in [-0.05, 0) is 66.6 Å². The minimum atomic E-state index is -3.89. The molecule has 0 spiro atoms. The van der Waals surface area contributed by atoms with Crippen LogP contribution < -0.4 is 25.0 Å². The number of aromatic nitrogens is 1. The SMILES string of the molecule is NS(=O)(=O)c1ccc(NC(=O)COc2ccccc2[C@H]2c3sc(=O)[nH]c3SC3C4CC(C5C(=O)N(c6ccc([N+](=O)[O-])cc6)C(=O)C45)C32)cc1. The number of para-hydroxylation sites is 1. The summed E-state index contributed by atoms with van der Waals surface area (Å²) in [5.41, 5.74) is 1.25. The average molecular weight is 734 g/mol. The van der Waals surface area contributed by atoms with E-state index in [1.807, 2.05) is 12.1 Å². The first-order valence-electron chi connectivity index (χ1n) is 15.6. The van der Waals surface area contributed by atoms with Gasteiger partial charge in [0.25, 0.3) is 11.6 Å². The van der Waals surface area contributed by atoms with Gasteiger partial charge in [0, 0.05) is 39.4 Å². The number of fused-ring (bicyclic) bond motifs is 9. The molecule has 4 aromatic rings. The van der Waals surface area contributed by atoms with Crippen molar-refractivity contribution in [3.63, 3.8) is 0 Å². The molecule has 4 aliphatic rings. The molecule has 1 aromatic heterocycles. The lowest BCUT2D eigenvalue weighted by Crippen LogP contribution is -2.42. The monoisotopic (exact) mass is 733 g/mol. The molecule has 3 heterocycles. The van der Waals surface area contributed by atoms with Crippen molar-refractivity contribution >= 4 is 67.9 Å². The van der Waals surface area contributed by atoms with Crippen molar-refractivity contribution in [2.75, 3.05) is 16.8 Å². The number of thiazole rings is 1. The number of amides is 3. The van der Waals surface area contributed by atoms with E-state index < -0.39 is 32.7 Å². The van der Waals surface area contributed by atoms with E-state index in [0.29, 0.717) is 23.5 Å². The summed E-state index contributed by atoms with van der Waals surface area (Å²) in [6.45, 7) is -0.367. The van der Waals surface area contributed by atoms with Crippen LogP contribution in [0.1, 0.15) is 22.8 Å². The first-order chi connectivity index (χ1) is 23.9. The maximum Gasteiger partial charge on any atom is 0.305 e. The number of nitrogens with two attached hydrogens (primary N) is 1. The largest absolute Gasteiger partial charge is 0.483 e. The molecule has 0 radical (unpaired) electrons. The van der Waals surface area contributed by atoms with E-state index in [1.54, 1.807) is 12.1 Å². The number of nitro benzene ring substituents is 1. The van der Waals surface area contributed by atoms with Crippen LogP contribution in [0.15, 0.2) is 87.5 Å². The zero-order valence-electron chi connectivity index (χ0n) is 25.8. The minimum absolute atomic E-state index is 0.0887. The lowest BCUT2D eigenvalue weighted by Gasteiger charge is -2.43. The highest BCUT2D eigenvalue weighted by atomic mass is 32.2. The predicted molar refractivity (Wildman–Crippen MR) is 182 cm³/mol. The first-order valence-corrected chi connectivity index (χ1v) is 18.8. The second-order valence-corrected chi connectivity index (χ2v) is 16.5. The van der Waals surface area contributed by atoms with Gasteiger partial charge in [-0.2, -0.15) is 0 Å². The third-order valence-electron chi connectivity index (χ3n) is 10.1. The second kappa shape index (κ2) is 11.9. The molecule has 2 aliphatic carbocycles. The van der Waals surface area contributed by atoms with Crippen molar-refractivity contribution in [3.8, 4) is 5.75 Å². The van der Waals surface area contributed by atoms with E-state index in [4.69, 9.17) is 9.88 Å². The molecule has 4 N–H and O–H groups in total. The number of hydrogen-bond donors (Lipinski definition) is 3. The van der Waals surface area contributed by atoms with Gasteiger partial charge >= 0.3 is 4.87 Å². The van der Waals surface area contributed by atoms with Crippen LogP contribution in [-0.4, -0.2) is 47.9 Å². The molecule has 17 heteroatoms. The normalized spacial score (nSPS) is 26.3. The van der Waals surface area contributed by atoms with Gasteiger partial charge in [0.15, 0.2) is 6.61 Å². The Balaban J connectivity index is 1.08. The Morgan fingerprint density at radius 2 is 1.68 bits per heavy atom. The van der Waals surface area contributed by atoms with Gasteiger partial charge < -0.3 is 15.0 Å². The molecule has 8 rings (SSSR count). The van der Waals surface area contributed by atoms with Crippen LogP contribution in [0.4, 0.5) is 17.1 Å². The molecule has 3 amide bonds. The third-order valence-corrected chi connectivity index (χ3v) is 13.6. The number of ether oxygens (including phenoxy) is 1. The van der Waals surface area contributed by atoms with Crippen LogP contribution in [0, 0.1) is 39.7 Å². The fourth-order valence-corrected chi connectivity index (χ4v) is 11.7. The van der Waals surface area contributed by atoms with Gasteiger partial charge in [-0.3, -0.25) is 34.2 Å². The Hall–Kier alpha value is -4.84. The first kappa shape index (κ1) is 32.4. The minimum Gasteiger partial charge on any atom is -0.483 e. The highest BCUT2D eigenvalue weighted by Crippen LogP contribution is 2.69. The molecule has 7 atom stereocenters. The van der Waals surface area contributed by atoms with Gasteiger partial charge in [-0.1, -0.05) is 29.5 Å². The van der Waals surface area contributed by atoms with Gasteiger partial charge in [-0.25, -0.2) is 13.6 Å². The molecule has 3 fully saturated rings. The van der Waals surface area contributed by atoms with Gasteiger partial charge in [0.1, 0.15) is 5.75 Å². The number of hydrogen-bond acceptors (Lipinski definition) is 11. The van der Waals surface area contributed by atoms with E-state index in [-0.39, 0.29) is 62.8 Å². The Bertz CT molecular complexity index is 2250. The molecule has 14 nitrogen and oxygen atoms in total. The number of nitro groups is 1. The molecule has 2 aliphatic heterocycles. The van der Waals surface area contributed by atoms with E-state index >= 15 is 0 Å². The lowest BCUT2D eigenvalue weighted by atomic mass is 9.68. The molecule has 2 saturated carbocycles. The predicted octanol–water partition coefficient (Wildman–Crippen LogP) is 3.69. The number of non-ortho nitro benzene ring substituents is 1. The Morgan fingerprint density at radius 3 is 2.36 bits per heavy atom. The van der Waals surface area contributed by atoms with Crippen molar-refractivity contribution in [1.82, 2.24) is 4.98 Å². The van der Waals surface area contributed by atoms with E-state index in [0.717, 1.165) is 26.8 Å². The number of imide groups is 1. The number of aromatic amines is 1. The van der Waals surface area contributed by atoms with Crippen LogP contribution in [0.25, 0.3) is 0 Å². The number of carbonyl (C=O) groups excluding carboxylic acids is 3. The summed E-state index contributed by atoms with van der Waals surface area (Å²) < 4.78 is 29.2. The summed E-state index contributed by atoms with van der Waals surface area (Å²) in [7, 11) is -3.89. The highest BCUT2D eigenvalue weighted by Gasteiger charge is 2.69. The smallest absolute Gasteiger partial charge is 0.305 e. The fraction of sp³-hybridized carbons (Fsp3) is 0.273. The quantitative estimate of drug-likeness (QED) is 0.136. The number of thioether (sulfide) groups is 1. The van der Waals surface area contributed by atoms with Crippen molar-refractivity contribution in [1.29, 1.82) is 0 Å². The molecule has 3 aromatic carbocycles. The Kier molecular flexibility index (Phi) is 7.70. The van der Waals surface area contributed by atoms with Gasteiger partial charge in [0.2, 0.25) is 21.8 Å². The van der Waals surface area contributed by atoms with Crippen LogP contribution >= 0.6 is 23.1 Å². The summed E-state index contributed by atoms with van der Waals surface area (Å²) >= 11 is 2.64. The number of benzene rings is 3. The molecule has 1 saturated heterocycles. The number of H-pyrrole nitrogens is 1. The molecule has 256 valence electrons. The summed E-state index contributed by atoms with van der Waals surface area (Å²) in [4.78, 5) is 68.8. The Morgan fingerprint density at radius 1 is 1.00 bits per heavy atom. The molecular weight excluding hydrogens is 707 g/mol. The number of sulfonamides is 1. The summed E-state index contributed by atoms with van der Waals surface area (Å²) in [6, 6.07) is 18.1. The van der Waals surface area contributed by atoms with E-state index in [2.05, 4.69) is 10.3 Å². The lowest BCUT2D eigenvalue weighted by molar-refractivity contribution is -0.384. The Labute approximate surface area is 292 Å². The summed E-state index contributed by atoms with van der Waals surface area (Å²) in [6.07, 6.45) is 0.661. The number of rotatable bonds is 8.